The predicted molar refractivity (Wildman–Crippen MR) is 50.0 cm³/mol. The van der Waals surface area contributed by atoms with E-state index in [1.165, 1.54) is 18.2 Å². The number of Topliss-reactive ketones (excluding diaryl/α,β-unsaturated/α-hetero) is 1. The number of hydrogen-bond acceptors (Lipinski definition) is 2. The van der Waals surface area contributed by atoms with Crippen molar-refractivity contribution >= 4 is 11.8 Å². The Morgan fingerprint density at radius 1 is 1.27 bits per heavy atom. The molecule has 2 rings (SSSR count). The molecule has 0 aromatic heterocycles. The summed E-state index contributed by atoms with van der Waals surface area (Å²) >= 11 is 0. The van der Waals surface area contributed by atoms with E-state index in [4.69, 9.17) is 5.11 Å². The maximum Gasteiger partial charge on any atom is 0.317 e. The van der Waals surface area contributed by atoms with Crippen molar-refractivity contribution in [3.8, 4) is 0 Å². The second-order valence-electron chi connectivity index (χ2n) is 3.70. The number of aliphatic carboxylic acids is 1. The van der Waals surface area contributed by atoms with E-state index >= 15 is 0 Å². The summed E-state index contributed by atoms with van der Waals surface area (Å²) in [6.07, 6.45) is 0.602. The van der Waals surface area contributed by atoms with Crippen LogP contribution in [0, 0.1) is 11.2 Å². The molecule has 1 aromatic carbocycles. The molecule has 0 aliphatic heterocycles. The van der Waals surface area contributed by atoms with Crippen LogP contribution in [0.5, 0.6) is 0 Å². The Balaban J connectivity index is 2.38. The van der Waals surface area contributed by atoms with Gasteiger partial charge in [0.1, 0.15) is 11.2 Å². The van der Waals surface area contributed by atoms with Crippen molar-refractivity contribution in [2.45, 2.75) is 12.8 Å². The van der Waals surface area contributed by atoms with E-state index in [1.807, 2.05) is 0 Å². The van der Waals surface area contributed by atoms with Gasteiger partial charge in [0.15, 0.2) is 5.78 Å². The quantitative estimate of drug-likeness (QED) is 0.609. The van der Waals surface area contributed by atoms with E-state index in [9.17, 15) is 14.0 Å². The van der Waals surface area contributed by atoms with E-state index < -0.39 is 23.0 Å². The number of carbonyl (C=O) groups excluding carboxylic acids is 1. The summed E-state index contributed by atoms with van der Waals surface area (Å²) in [5, 5.41) is 8.88. The molecule has 0 radical (unpaired) electrons. The topological polar surface area (TPSA) is 54.4 Å². The summed E-state index contributed by atoms with van der Waals surface area (Å²) in [7, 11) is 0. The van der Waals surface area contributed by atoms with E-state index in [0.717, 1.165) is 6.07 Å². The number of benzene rings is 1. The minimum Gasteiger partial charge on any atom is -0.480 e. The highest BCUT2D eigenvalue weighted by atomic mass is 19.1. The fourth-order valence-electron chi connectivity index (χ4n) is 1.57. The number of carboxylic acids is 1. The van der Waals surface area contributed by atoms with Crippen LogP contribution in [0.1, 0.15) is 23.2 Å². The predicted octanol–water partition coefficient (Wildman–Crippen LogP) is 1.87. The molecule has 1 aliphatic rings. The minimum absolute atomic E-state index is 0.127. The number of carbonyl (C=O) groups is 2. The molecule has 1 aliphatic carbocycles. The normalized spacial score (nSPS) is 17.1. The minimum atomic E-state index is -1.36. The Kier molecular flexibility index (Phi) is 2.07. The lowest BCUT2D eigenvalue weighted by molar-refractivity contribution is -0.141. The highest BCUT2D eigenvalue weighted by molar-refractivity contribution is 6.14. The molecule has 1 aromatic rings. The lowest BCUT2D eigenvalue weighted by atomic mass is 9.94. The van der Waals surface area contributed by atoms with Gasteiger partial charge in [-0.1, -0.05) is 12.1 Å². The molecule has 4 heteroatoms. The highest BCUT2D eigenvalue weighted by Gasteiger charge is 2.57. The van der Waals surface area contributed by atoms with Gasteiger partial charge in [-0.3, -0.25) is 9.59 Å². The van der Waals surface area contributed by atoms with Gasteiger partial charge in [0, 0.05) is 0 Å². The molecular formula is C11H9FO3. The van der Waals surface area contributed by atoms with Gasteiger partial charge in [0.2, 0.25) is 0 Å². The van der Waals surface area contributed by atoms with Crippen molar-refractivity contribution in [3.05, 3.63) is 35.6 Å². The first-order chi connectivity index (χ1) is 7.08. The van der Waals surface area contributed by atoms with Crippen LogP contribution in [0.3, 0.4) is 0 Å². The summed E-state index contributed by atoms with van der Waals surface area (Å²) in [6, 6.07) is 5.46. The van der Waals surface area contributed by atoms with E-state index in [1.54, 1.807) is 0 Å². The summed E-state index contributed by atoms with van der Waals surface area (Å²) in [6.45, 7) is 0. The average molecular weight is 208 g/mol. The van der Waals surface area contributed by atoms with E-state index in [0.29, 0.717) is 12.8 Å². The van der Waals surface area contributed by atoms with Crippen LogP contribution in [0.4, 0.5) is 4.39 Å². The molecule has 0 amide bonds. The monoisotopic (exact) mass is 208 g/mol. The largest absolute Gasteiger partial charge is 0.480 e. The zero-order chi connectivity index (χ0) is 11.1. The van der Waals surface area contributed by atoms with Crippen LogP contribution in [0.25, 0.3) is 0 Å². The summed E-state index contributed by atoms with van der Waals surface area (Å²) in [5.41, 5.74) is -1.49. The van der Waals surface area contributed by atoms with E-state index in [-0.39, 0.29) is 5.56 Å². The van der Waals surface area contributed by atoms with Crippen molar-refractivity contribution in [1.82, 2.24) is 0 Å². The average Bonchev–Trinajstić information content (AvgIpc) is 2.98. The van der Waals surface area contributed by atoms with Crippen molar-refractivity contribution in [1.29, 1.82) is 0 Å². The first kappa shape index (κ1) is 9.83. The fourth-order valence-corrected chi connectivity index (χ4v) is 1.57. The number of halogens is 1. The molecule has 0 atom stereocenters. The fraction of sp³-hybridized carbons (Fsp3) is 0.273. The van der Waals surface area contributed by atoms with Gasteiger partial charge in [-0.2, -0.15) is 0 Å². The first-order valence-electron chi connectivity index (χ1n) is 4.61. The third-order valence-electron chi connectivity index (χ3n) is 2.71. The maximum atomic E-state index is 13.2. The highest BCUT2D eigenvalue weighted by Crippen LogP contribution is 2.48. The van der Waals surface area contributed by atoms with Crippen LogP contribution in [-0.4, -0.2) is 16.9 Å². The second-order valence-corrected chi connectivity index (χ2v) is 3.70. The standard InChI is InChI=1S/C11H9FO3/c12-8-4-2-1-3-7(8)9(13)11(5-6-11)10(14)15/h1-4H,5-6H2,(H,14,15). The van der Waals surface area contributed by atoms with Crippen molar-refractivity contribution in [3.63, 3.8) is 0 Å². The molecule has 0 bridgehead atoms. The number of carboxylic acid groups (broad SMARTS) is 1. The number of hydrogen-bond donors (Lipinski definition) is 1. The maximum absolute atomic E-state index is 13.2. The summed E-state index contributed by atoms with van der Waals surface area (Å²) in [5.74, 6) is -2.43. The lowest BCUT2D eigenvalue weighted by Gasteiger charge is -2.08. The summed E-state index contributed by atoms with van der Waals surface area (Å²) < 4.78 is 13.2. The molecule has 78 valence electrons. The van der Waals surface area contributed by atoms with Crippen LogP contribution >= 0.6 is 0 Å². The zero-order valence-corrected chi connectivity index (χ0v) is 7.87. The Morgan fingerprint density at radius 2 is 1.87 bits per heavy atom. The van der Waals surface area contributed by atoms with Crippen molar-refractivity contribution in [2.75, 3.05) is 0 Å². The SMILES string of the molecule is O=C(O)C1(C(=O)c2ccccc2F)CC1. The van der Waals surface area contributed by atoms with Gasteiger partial charge in [0.05, 0.1) is 5.56 Å². The van der Waals surface area contributed by atoms with Gasteiger partial charge >= 0.3 is 5.97 Å². The van der Waals surface area contributed by atoms with Gasteiger partial charge in [-0.15, -0.1) is 0 Å². The van der Waals surface area contributed by atoms with Gasteiger partial charge < -0.3 is 5.11 Å². The molecule has 1 N–H and O–H groups in total. The summed E-state index contributed by atoms with van der Waals surface area (Å²) in [4.78, 5) is 22.6. The number of ketones is 1. The first-order valence-corrected chi connectivity index (χ1v) is 4.61. The third-order valence-corrected chi connectivity index (χ3v) is 2.71. The Labute approximate surface area is 85.5 Å². The Bertz CT molecular complexity index is 435. The molecule has 0 saturated heterocycles. The van der Waals surface area contributed by atoms with Crippen LogP contribution < -0.4 is 0 Å². The smallest absolute Gasteiger partial charge is 0.317 e. The van der Waals surface area contributed by atoms with Gasteiger partial charge in [0.25, 0.3) is 0 Å². The van der Waals surface area contributed by atoms with Gasteiger partial charge in [-0.05, 0) is 25.0 Å². The Morgan fingerprint density at radius 3 is 2.33 bits per heavy atom. The molecule has 3 nitrogen and oxygen atoms in total. The molecule has 0 unspecified atom stereocenters. The molecule has 1 saturated carbocycles. The van der Waals surface area contributed by atoms with E-state index in [2.05, 4.69) is 0 Å². The lowest BCUT2D eigenvalue weighted by Crippen LogP contribution is -2.26. The van der Waals surface area contributed by atoms with Crippen LogP contribution in [0.15, 0.2) is 24.3 Å². The molecule has 1 fully saturated rings. The molecule has 15 heavy (non-hydrogen) atoms. The molecule has 0 spiro atoms. The zero-order valence-electron chi connectivity index (χ0n) is 7.87. The van der Waals surface area contributed by atoms with Crippen LogP contribution in [-0.2, 0) is 4.79 Å². The van der Waals surface area contributed by atoms with Crippen molar-refractivity contribution < 1.29 is 19.1 Å². The Hall–Kier alpha value is -1.71. The third kappa shape index (κ3) is 1.42. The molecular weight excluding hydrogens is 199 g/mol. The second kappa shape index (κ2) is 3.15. The van der Waals surface area contributed by atoms with Crippen molar-refractivity contribution in [2.24, 2.45) is 5.41 Å². The van der Waals surface area contributed by atoms with Gasteiger partial charge in [-0.25, -0.2) is 4.39 Å². The number of rotatable bonds is 3. The molecule has 0 heterocycles. The van der Waals surface area contributed by atoms with Crippen LogP contribution in [0.2, 0.25) is 0 Å².